The Balaban J connectivity index is 2.11. The molecule has 0 bridgehead atoms. The van der Waals surface area contributed by atoms with Gasteiger partial charge in [-0.05, 0) is 31.9 Å². The molecule has 0 spiro atoms. The minimum Gasteiger partial charge on any atom is -0.481 e. The van der Waals surface area contributed by atoms with E-state index in [1.807, 2.05) is 37.3 Å². The normalized spacial score (nSPS) is 18.6. The molecule has 5 heteroatoms. The van der Waals surface area contributed by atoms with E-state index in [2.05, 4.69) is 0 Å². The van der Waals surface area contributed by atoms with E-state index in [1.165, 1.54) is 0 Å². The molecule has 1 aromatic carbocycles. The summed E-state index contributed by atoms with van der Waals surface area (Å²) < 4.78 is 0. The largest absolute Gasteiger partial charge is 0.481 e. The van der Waals surface area contributed by atoms with Gasteiger partial charge >= 0.3 is 12.0 Å². The van der Waals surface area contributed by atoms with Gasteiger partial charge in [0, 0.05) is 25.3 Å². The van der Waals surface area contributed by atoms with Gasteiger partial charge in [0.2, 0.25) is 0 Å². The number of benzene rings is 1. The van der Waals surface area contributed by atoms with E-state index in [0.29, 0.717) is 26.1 Å². The molecule has 1 aliphatic heterocycles. The molecule has 1 saturated heterocycles. The monoisotopic (exact) mass is 276 g/mol. The lowest BCUT2D eigenvalue weighted by atomic mass is 9.98. The highest BCUT2D eigenvalue weighted by molar-refractivity contribution is 5.92. The predicted molar refractivity (Wildman–Crippen MR) is 76.8 cm³/mol. The van der Waals surface area contributed by atoms with Gasteiger partial charge in [-0.3, -0.25) is 9.69 Å². The van der Waals surface area contributed by atoms with Crippen molar-refractivity contribution in [3.8, 4) is 0 Å². The Hall–Kier alpha value is -2.04. The average molecular weight is 276 g/mol. The smallest absolute Gasteiger partial charge is 0.324 e. The number of hydrogen-bond acceptors (Lipinski definition) is 2. The number of carbonyl (C=O) groups is 2. The van der Waals surface area contributed by atoms with Crippen LogP contribution >= 0.6 is 0 Å². The number of anilines is 1. The Morgan fingerprint density at radius 2 is 2.05 bits per heavy atom. The molecule has 0 aromatic heterocycles. The fourth-order valence-electron chi connectivity index (χ4n) is 2.56. The number of amides is 2. The van der Waals surface area contributed by atoms with Crippen molar-refractivity contribution in [2.45, 2.75) is 19.8 Å². The molecule has 0 radical (unpaired) electrons. The molecule has 1 aliphatic rings. The first-order chi connectivity index (χ1) is 9.63. The number of aliphatic carboxylic acids is 1. The third-order valence-electron chi connectivity index (χ3n) is 3.66. The number of piperidine rings is 1. The van der Waals surface area contributed by atoms with Crippen molar-refractivity contribution in [3.63, 3.8) is 0 Å². The van der Waals surface area contributed by atoms with Gasteiger partial charge in [-0.1, -0.05) is 18.2 Å². The highest BCUT2D eigenvalue weighted by Gasteiger charge is 2.30. The molecule has 2 amide bonds. The number of para-hydroxylation sites is 1. The molecule has 108 valence electrons. The first kappa shape index (κ1) is 14.4. The molecular formula is C15H20N2O3. The molecule has 1 fully saturated rings. The van der Waals surface area contributed by atoms with Crippen LogP contribution in [0.3, 0.4) is 0 Å². The van der Waals surface area contributed by atoms with Crippen LogP contribution in [0.2, 0.25) is 0 Å². The molecule has 1 N–H and O–H groups in total. The van der Waals surface area contributed by atoms with Gasteiger partial charge in [-0.2, -0.15) is 0 Å². The second-order valence-corrected chi connectivity index (χ2v) is 4.99. The topological polar surface area (TPSA) is 60.9 Å². The number of carboxylic acids is 1. The Bertz CT molecular complexity index is 475. The second-order valence-electron chi connectivity index (χ2n) is 4.99. The molecule has 1 heterocycles. The minimum atomic E-state index is -0.815. The van der Waals surface area contributed by atoms with Crippen molar-refractivity contribution in [2.24, 2.45) is 5.92 Å². The van der Waals surface area contributed by atoms with Gasteiger partial charge in [0.15, 0.2) is 0 Å². The Morgan fingerprint density at radius 3 is 2.65 bits per heavy atom. The predicted octanol–water partition coefficient (Wildman–Crippen LogP) is 2.43. The van der Waals surface area contributed by atoms with Crippen LogP contribution in [0.4, 0.5) is 10.5 Å². The lowest BCUT2D eigenvalue weighted by molar-refractivity contribution is -0.143. The van der Waals surface area contributed by atoms with Gasteiger partial charge in [-0.25, -0.2) is 4.79 Å². The maximum atomic E-state index is 12.6. The molecule has 0 saturated carbocycles. The lowest BCUT2D eigenvalue weighted by Gasteiger charge is -2.34. The van der Waals surface area contributed by atoms with E-state index in [-0.39, 0.29) is 6.03 Å². The molecule has 0 aliphatic carbocycles. The maximum Gasteiger partial charge on any atom is 0.324 e. The van der Waals surface area contributed by atoms with Crippen LogP contribution in [0.15, 0.2) is 30.3 Å². The first-order valence-corrected chi connectivity index (χ1v) is 6.97. The number of rotatable bonds is 3. The number of hydrogen-bond donors (Lipinski definition) is 1. The van der Waals surface area contributed by atoms with Crippen molar-refractivity contribution in [2.75, 3.05) is 24.5 Å². The van der Waals surface area contributed by atoms with Crippen LogP contribution in [0.1, 0.15) is 19.8 Å². The van der Waals surface area contributed by atoms with Gasteiger partial charge in [0.05, 0.1) is 5.92 Å². The van der Waals surface area contributed by atoms with E-state index >= 15 is 0 Å². The van der Waals surface area contributed by atoms with Crippen molar-refractivity contribution >= 4 is 17.7 Å². The summed E-state index contributed by atoms with van der Waals surface area (Å²) in [6, 6.07) is 9.36. The van der Waals surface area contributed by atoms with E-state index in [1.54, 1.807) is 9.80 Å². The molecule has 2 rings (SSSR count). The van der Waals surface area contributed by atoms with Crippen molar-refractivity contribution in [3.05, 3.63) is 30.3 Å². The molecule has 1 atom stereocenters. The van der Waals surface area contributed by atoms with E-state index in [4.69, 9.17) is 5.11 Å². The summed E-state index contributed by atoms with van der Waals surface area (Å²) in [5.41, 5.74) is 0.845. The highest BCUT2D eigenvalue weighted by atomic mass is 16.4. The fraction of sp³-hybridized carbons (Fsp3) is 0.467. The van der Waals surface area contributed by atoms with Gasteiger partial charge in [0.25, 0.3) is 0 Å². The van der Waals surface area contributed by atoms with Crippen LogP contribution in [0, 0.1) is 5.92 Å². The van der Waals surface area contributed by atoms with Gasteiger partial charge < -0.3 is 10.0 Å². The van der Waals surface area contributed by atoms with E-state index < -0.39 is 11.9 Å². The maximum absolute atomic E-state index is 12.6. The standard InChI is InChI=1S/C15H20N2O3/c1-2-17(13-8-4-3-5-9-13)15(20)16-10-6-7-12(11-16)14(18)19/h3-5,8-9,12H,2,6-7,10-11H2,1H3,(H,18,19). The van der Waals surface area contributed by atoms with Crippen LogP contribution in [-0.2, 0) is 4.79 Å². The van der Waals surface area contributed by atoms with E-state index in [9.17, 15) is 9.59 Å². The number of carbonyl (C=O) groups excluding carboxylic acids is 1. The third kappa shape index (κ3) is 3.10. The van der Waals surface area contributed by atoms with Crippen LogP contribution in [-0.4, -0.2) is 41.6 Å². The zero-order chi connectivity index (χ0) is 14.5. The zero-order valence-electron chi connectivity index (χ0n) is 11.7. The summed E-state index contributed by atoms with van der Waals surface area (Å²) in [5.74, 6) is -1.26. The third-order valence-corrected chi connectivity index (χ3v) is 3.66. The average Bonchev–Trinajstić information content (AvgIpc) is 2.49. The SMILES string of the molecule is CCN(C(=O)N1CCCC(C(=O)O)C1)c1ccccc1. The van der Waals surface area contributed by atoms with Crippen molar-refractivity contribution in [1.29, 1.82) is 0 Å². The zero-order valence-corrected chi connectivity index (χ0v) is 11.7. The lowest BCUT2D eigenvalue weighted by Crippen LogP contribution is -2.49. The first-order valence-electron chi connectivity index (χ1n) is 6.97. The van der Waals surface area contributed by atoms with Gasteiger partial charge in [0.1, 0.15) is 0 Å². The summed E-state index contributed by atoms with van der Waals surface area (Å²) in [4.78, 5) is 27.0. The summed E-state index contributed by atoms with van der Waals surface area (Å²) in [6.07, 6.45) is 1.39. The molecule has 5 nitrogen and oxygen atoms in total. The Kier molecular flexibility index (Phi) is 4.61. The molecule has 1 unspecified atom stereocenters. The summed E-state index contributed by atoms with van der Waals surface area (Å²) in [7, 11) is 0. The number of likely N-dealkylation sites (tertiary alicyclic amines) is 1. The minimum absolute atomic E-state index is 0.107. The van der Waals surface area contributed by atoms with Crippen LogP contribution in [0.5, 0.6) is 0 Å². The van der Waals surface area contributed by atoms with Crippen molar-refractivity contribution in [1.82, 2.24) is 4.90 Å². The number of urea groups is 1. The summed E-state index contributed by atoms with van der Waals surface area (Å²) in [5, 5.41) is 9.10. The van der Waals surface area contributed by atoms with Crippen LogP contribution in [0.25, 0.3) is 0 Å². The second kappa shape index (κ2) is 6.41. The van der Waals surface area contributed by atoms with E-state index in [0.717, 1.165) is 12.1 Å². The van der Waals surface area contributed by atoms with Crippen LogP contribution < -0.4 is 4.90 Å². The summed E-state index contributed by atoms with van der Waals surface area (Å²) >= 11 is 0. The quantitative estimate of drug-likeness (QED) is 0.922. The molecular weight excluding hydrogens is 256 g/mol. The van der Waals surface area contributed by atoms with Crippen molar-refractivity contribution < 1.29 is 14.7 Å². The summed E-state index contributed by atoms with van der Waals surface area (Å²) in [6.45, 7) is 3.42. The Morgan fingerprint density at radius 1 is 1.35 bits per heavy atom. The molecule has 1 aromatic rings. The highest BCUT2D eigenvalue weighted by Crippen LogP contribution is 2.21. The Labute approximate surface area is 118 Å². The number of nitrogens with zero attached hydrogens (tertiary/aromatic N) is 2. The fourth-order valence-corrected chi connectivity index (χ4v) is 2.56. The molecule has 20 heavy (non-hydrogen) atoms. The number of carboxylic acid groups (broad SMARTS) is 1. The van der Waals surface area contributed by atoms with Gasteiger partial charge in [-0.15, -0.1) is 0 Å².